The molecule has 112 valence electrons. The van der Waals surface area contributed by atoms with E-state index in [1.807, 2.05) is 0 Å². The van der Waals surface area contributed by atoms with Gasteiger partial charge >= 0.3 is 0 Å². The molecule has 0 unspecified atom stereocenters. The van der Waals surface area contributed by atoms with E-state index in [1.54, 1.807) is 11.5 Å². The first-order chi connectivity index (χ1) is 9.63. The standard InChI is InChI=1S/C14H24N4OS/c1-10(2)8-13-15-14(20-16-13)18-6-7-19-12-4-5-17(3)9-11(12)18/h10-12H,4-9H2,1-3H3/t11-,12-/m1/s1. The van der Waals surface area contributed by atoms with Gasteiger partial charge in [0.15, 0.2) is 0 Å². The van der Waals surface area contributed by atoms with Crippen molar-refractivity contribution < 1.29 is 4.74 Å². The number of fused-ring (bicyclic) bond motifs is 1. The first-order valence-electron chi connectivity index (χ1n) is 7.53. The van der Waals surface area contributed by atoms with E-state index in [-0.39, 0.29) is 0 Å². The van der Waals surface area contributed by atoms with Crippen molar-refractivity contribution in [3.05, 3.63) is 5.82 Å². The minimum absolute atomic E-state index is 0.359. The van der Waals surface area contributed by atoms with Gasteiger partial charge in [-0.25, -0.2) is 4.98 Å². The van der Waals surface area contributed by atoms with Crippen LogP contribution >= 0.6 is 11.5 Å². The molecule has 0 N–H and O–H groups in total. The Morgan fingerprint density at radius 3 is 3.05 bits per heavy atom. The SMILES string of the molecule is CC(C)Cc1nsc(N2CCO[C@@H]3CCN(C)C[C@H]32)n1. The van der Waals surface area contributed by atoms with E-state index in [9.17, 15) is 0 Å². The molecule has 0 amide bonds. The number of aromatic nitrogens is 2. The second-order valence-corrected chi connectivity index (χ2v) is 7.04. The van der Waals surface area contributed by atoms with Crippen molar-refractivity contribution in [2.75, 3.05) is 38.2 Å². The number of hydrogen-bond acceptors (Lipinski definition) is 6. The smallest absolute Gasteiger partial charge is 0.205 e. The van der Waals surface area contributed by atoms with Gasteiger partial charge in [-0.3, -0.25) is 0 Å². The minimum atomic E-state index is 0.359. The Morgan fingerprint density at radius 1 is 1.40 bits per heavy atom. The summed E-state index contributed by atoms with van der Waals surface area (Å²) in [4.78, 5) is 9.56. The summed E-state index contributed by atoms with van der Waals surface area (Å²) in [5, 5.41) is 1.08. The van der Waals surface area contributed by atoms with Gasteiger partial charge in [0.2, 0.25) is 5.13 Å². The first kappa shape index (κ1) is 14.2. The maximum absolute atomic E-state index is 5.94. The summed E-state index contributed by atoms with van der Waals surface area (Å²) < 4.78 is 10.5. The normalized spacial score (nSPS) is 27.9. The fourth-order valence-corrected chi connectivity index (χ4v) is 3.86. The molecular formula is C14H24N4OS. The predicted molar refractivity (Wildman–Crippen MR) is 81.4 cm³/mol. The predicted octanol–water partition coefficient (Wildman–Crippen LogP) is 1.65. The topological polar surface area (TPSA) is 41.5 Å². The number of likely N-dealkylation sites (tertiary alicyclic amines) is 1. The van der Waals surface area contributed by atoms with E-state index >= 15 is 0 Å². The van der Waals surface area contributed by atoms with Gasteiger partial charge in [-0.15, -0.1) is 0 Å². The van der Waals surface area contributed by atoms with Gasteiger partial charge in [-0.2, -0.15) is 4.37 Å². The number of nitrogens with zero attached hydrogens (tertiary/aromatic N) is 4. The molecule has 2 saturated heterocycles. The number of hydrogen-bond donors (Lipinski definition) is 0. The Kier molecular flexibility index (Phi) is 4.23. The fraction of sp³-hybridized carbons (Fsp3) is 0.857. The molecule has 0 radical (unpaired) electrons. The van der Waals surface area contributed by atoms with Crippen LogP contribution in [-0.4, -0.2) is 59.7 Å². The number of ether oxygens (including phenoxy) is 1. The minimum Gasteiger partial charge on any atom is -0.374 e. The van der Waals surface area contributed by atoms with E-state index in [0.29, 0.717) is 18.1 Å². The number of likely N-dealkylation sites (N-methyl/N-ethyl adjacent to an activating group) is 1. The van der Waals surface area contributed by atoms with Crippen LogP contribution in [0.1, 0.15) is 26.1 Å². The highest BCUT2D eigenvalue weighted by Gasteiger charge is 2.37. The van der Waals surface area contributed by atoms with E-state index in [0.717, 1.165) is 50.0 Å². The highest BCUT2D eigenvalue weighted by atomic mass is 32.1. The first-order valence-corrected chi connectivity index (χ1v) is 8.30. The van der Waals surface area contributed by atoms with Gasteiger partial charge in [0.1, 0.15) is 5.82 Å². The third-order valence-corrected chi connectivity index (χ3v) is 4.87. The highest BCUT2D eigenvalue weighted by molar-refractivity contribution is 7.09. The molecule has 5 nitrogen and oxygen atoms in total. The van der Waals surface area contributed by atoms with Gasteiger partial charge < -0.3 is 14.5 Å². The molecule has 2 aliphatic rings. The van der Waals surface area contributed by atoms with Crippen LogP contribution in [0.25, 0.3) is 0 Å². The van der Waals surface area contributed by atoms with E-state index in [2.05, 4.69) is 35.1 Å². The number of rotatable bonds is 3. The van der Waals surface area contributed by atoms with Crippen LogP contribution in [0, 0.1) is 5.92 Å². The van der Waals surface area contributed by atoms with Crippen molar-refractivity contribution in [2.45, 2.75) is 38.8 Å². The molecule has 0 aromatic carbocycles. The molecule has 3 rings (SSSR count). The van der Waals surface area contributed by atoms with E-state index in [1.165, 1.54) is 0 Å². The third kappa shape index (κ3) is 2.97. The Bertz CT molecular complexity index is 450. The molecule has 2 fully saturated rings. The number of anilines is 1. The van der Waals surface area contributed by atoms with Crippen LogP contribution in [0.15, 0.2) is 0 Å². The van der Waals surface area contributed by atoms with Crippen LogP contribution < -0.4 is 4.90 Å². The lowest BCUT2D eigenvalue weighted by atomic mass is 10.00. The third-order valence-electron chi connectivity index (χ3n) is 4.08. The maximum Gasteiger partial charge on any atom is 0.205 e. The molecule has 1 aromatic rings. The number of morpholine rings is 1. The maximum atomic E-state index is 5.94. The zero-order chi connectivity index (χ0) is 14.1. The van der Waals surface area contributed by atoms with Crippen LogP contribution in [-0.2, 0) is 11.2 Å². The average Bonchev–Trinajstić information content (AvgIpc) is 2.85. The van der Waals surface area contributed by atoms with Crippen molar-refractivity contribution >= 4 is 16.7 Å². The summed E-state index contributed by atoms with van der Waals surface area (Å²) in [5.41, 5.74) is 0. The molecule has 0 spiro atoms. The average molecular weight is 296 g/mol. The quantitative estimate of drug-likeness (QED) is 0.848. The summed E-state index contributed by atoms with van der Waals surface area (Å²) >= 11 is 1.55. The van der Waals surface area contributed by atoms with Gasteiger partial charge in [0.25, 0.3) is 0 Å². The number of piperidine rings is 1. The molecule has 0 saturated carbocycles. The lowest BCUT2D eigenvalue weighted by Crippen LogP contribution is -2.59. The summed E-state index contributed by atoms with van der Waals surface area (Å²) in [5.74, 6) is 1.60. The van der Waals surface area contributed by atoms with E-state index < -0.39 is 0 Å². The summed E-state index contributed by atoms with van der Waals surface area (Å²) in [7, 11) is 2.19. The van der Waals surface area contributed by atoms with Gasteiger partial charge in [0, 0.05) is 37.6 Å². The molecule has 3 heterocycles. The van der Waals surface area contributed by atoms with Crippen molar-refractivity contribution in [1.82, 2.24) is 14.3 Å². The van der Waals surface area contributed by atoms with Crippen LogP contribution in [0.5, 0.6) is 0 Å². The zero-order valence-corrected chi connectivity index (χ0v) is 13.4. The lowest BCUT2D eigenvalue weighted by molar-refractivity contribution is -0.0243. The zero-order valence-electron chi connectivity index (χ0n) is 12.6. The Morgan fingerprint density at radius 2 is 2.25 bits per heavy atom. The second kappa shape index (κ2) is 5.95. The fourth-order valence-electron chi connectivity index (χ4n) is 3.08. The Hall–Kier alpha value is -0.720. The Labute approximate surface area is 125 Å². The van der Waals surface area contributed by atoms with Crippen LogP contribution in [0.3, 0.4) is 0 Å². The van der Waals surface area contributed by atoms with Crippen molar-refractivity contribution in [1.29, 1.82) is 0 Å². The van der Waals surface area contributed by atoms with Crippen LogP contribution in [0.2, 0.25) is 0 Å². The lowest BCUT2D eigenvalue weighted by Gasteiger charge is -2.46. The van der Waals surface area contributed by atoms with Gasteiger partial charge in [0.05, 0.1) is 18.8 Å². The summed E-state index contributed by atoms with van der Waals surface area (Å²) in [6.07, 6.45) is 2.45. The van der Waals surface area contributed by atoms with Crippen molar-refractivity contribution in [3.8, 4) is 0 Å². The molecule has 6 heteroatoms. The molecule has 20 heavy (non-hydrogen) atoms. The van der Waals surface area contributed by atoms with Gasteiger partial charge in [-0.1, -0.05) is 13.8 Å². The van der Waals surface area contributed by atoms with Crippen molar-refractivity contribution in [2.24, 2.45) is 5.92 Å². The molecule has 1 aromatic heterocycles. The van der Waals surface area contributed by atoms with E-state index in [4.69, 9.17) is 9.72 Å². The molecule has 0 bridgehead atoms. The largest absolute Gasteiger partial charge is 0.374 e. The Balaban J connectivity index is 1.75. The van der Waals surface area contributed by atoms with Crippen molar-refractivity contribution in [3.63, 3.8) is 0 Å². The molecule has 2 aliphatic heterocycles. The monoisotopic (exact) mass is 296 g/mol. The molecule has 0 aliphatic carbocycles. The summed E-state index contributed by atoms with van der Waals surface area (Å²) in [6, 6.07) is 0.433. The molecule has 2 atom stereocenters. The second-order valence-electron chi connectivity index (χ2n) is 6.31. The van der Waals surface area contributed by atoms with Gasteiger partial charge in [-0.05, 0) is 19.4 Å². The van der Waals surface area contributed by atoms with Crippen LogP contribution in [0.4, 0.5) is 5.13 Å². The molecular weight excluding hydrogens is 272 g/mol. The highest BCUT2D eigenvalue weighted by Crippen LogP contribution is 2.29. The summed E-state index contributed by atoms with van der Waals surface area (Å²) in [6.45, 7) is 8.35.